The van der Waals surface area contributed by atoms with Crippen LogP contribution in [0.2, 0.25) is 0 Å². The van der Waals surface area contributed by atoms with Gasteiger partial charge in [-0.05, 0) is 49.1 Å². The number of nitrogens with zero attached hydrogens (tertiary/aromatic N) is 1. The monoisotopic (exact) mass is 413 g/mol. The van der Waals surface area contributed by atoms with Gasteiger partial charge in [0.05, 0.1) is 25.7 Å². The van der Waals surface area contributed by atoms with E-state index in [0.717, 1.165) is 42.7 Å². The van der Waals surface area contributed by atoms with Gasteiger partial charge in [-0.15, -0.1) is 0 Å². The molecule has 2 aliphatic carbocycles. The van der Waals surface area contributed by atoms with Crippen molar-refractivity contribution in [3.8, 4) is 11.5 Å². The van der Waals surface area contributed by atoms with Gasteiger partial charge < -0.3 is 23.8 Å². The number of hydrogen-bond acceptors (Lipinski definition) is 6. The van der Waals surface area contributed by atoms with Gasteiger partial charge in [-0.2, -0.15) is 0 Å². The first-order valence-electron chi connectivity index (χ1n) is 11.0. The average Bonchev–Trinajstić information content (AvgIpc) is 3.40. The molecular weight excluding hydrogens is 386 g/mol. The molecule has 1 spiro atoms. The summed E-state index contributed by atoms with van der Waals surface area (Å²) in [5.74, 6) is 1.77. The van der Waals surface area contributed by atoms with Crippen LogP contribution in [0, 0.1) is 11.8 Å². The summed E-state index contributed by atoms with van der Waals surface area (Å²) >= 11 is 0. The second kappa shape index (κ2) is 6.36. The average molecular weight is 413 g/mol. The number of piperidine rings is 1. The van der Waals surface area contributed by atoms with Crippen LogP contribution >= 0.6 is 0 Å². The second-order valence-corrected chi connectivity index (χ2v) is 9.27. The summed E-state index contributed by atoms with van der Waals surface area (Å²) < 4.78 is 23.2. The van der Waals surface area contributed by atoms with Crippen LogP contribution in [0.4, 0.5) is 4.79 Å². The maximum atomic E-state index is 13.4. The third kappa shape index (κ3) is 2.14. The number of carbonyl (C=O) groups is 2. The van der Waals surface area contributed by atoms with Crippen molar-refractivity contribution < 1.29 is 28.5 Å². The van der Waals surface area contributed by atoms with E-state index in [4.69, 9.17) is 18.9 Å². The molecule has 7 nitrogen and oxygen atoms in total. The third-order valence-electron chi connectivity index (χ3n) is 8.24. The highest BCUT2D eigenvalue weighted by atomic mass is 16.5. The number of hydrogen-bond donors (Lipinski definition) is 0. The van der Waals surface area contributed by atoms with Gasteiger partial charge >= 0.3 is 6.09 Å². The first kappa shape index (κ1) is 18.5. The molecular formula is C23H27NO6. The molecule has 3 heterocycles. The summed E-state index contributed by atoms with van der Waals surface area (Å²) in [6, 6.07) is 3.98. The van der Waals surface area contributed by atoms with Crippen LogP contribution in [0.3, 0.4) is 0 Å². The van der Waals surface area contributed by atoms with Crippen molar-refractivity contribution in [2.75, 3.05) is 27.4 Å². The highest BCUT2D eigenvalue weighted by molar-refractivity contribution is 5.90. The Morgan fingerprint density at radius 3 is 2.87 bits per heavy atom. The lowest BCUT2D eigenvalue weighted by Gasteiger charge is -2.60. The van der Waals surface area contributed by atoms with Gasteiger partial charge in [-0.25, -0.2) is 4.79 Å². The number of rotatable bonds is 2. The molecule has 7 heteroatoms. The first-order chi connectivity index (χ1) is 14.6. The molecule has 3 fully saturated rings. The van der Waals surface area contributed by atoms with E-state index in [9.17, 15) is 9.59 Å². The Morgan fingerprint density at radius 2 is 2.13 bits per heavy atom. The molecule has 1 unspecified atom stereocenters. The molecule has 6 atom stereocenters. The van der Waals surface area contributed by atoms with Crippen LogP contribution in [0.5, 0.6) is 11.5 Å². The topological polar surface area (TPSA) is 74.3 Å². The lowest BCUT2D eigenvalue weighted by atomic mass is 9.48. The third-order valence-corrected chi connectivity index (χ3v) is 8.24. The van der Waals surface area contributed by atoms with Crippen LogP contribution in [0.1, 0.15) is 36.8 Å². The van der Waals surface area contributed by atoms with Crippen molar-refractivity contribution >= 4 is 11.9 Å². The van der Waals surface area contributed by atoms with Gasteiger partial charge in [0.25, 0.3) is 0 Å². The van der Waals surface area contributed by atoms with E-state index < -0.39 is 11.5 Å². The van der Waals surface area contributed by atoms with Crippen molar-refractivity contribution in [1.82, 2.24) is 4.90 Å². The fourth-order valence-corrected chi connectivity index (χ4v) is 7.29. The minimum atomic E-state index is -0.507. The number of ether oxygens (including phenoxy) is 4. The summed E-state index contributed by atoms with van der Waals surface area (Å²) in [5.41, 5.74) is 1.89. The summed E-state index contributed by atoms with van der Waals surface area (Å²) in [5, 5.41) is 0. The fraction of sp³-hybridized carbons (Fsp3) is 0.652. The Labute approximate surface area is 175 Å². The van der Waals surface area contributed by atoms with Gasteiger partial charge in [0.2, 0.25) is 0 Å². The molecule has 3 aliphatic heterocycles. The molecule has 0 N–H and O–H groups in total. The Kier molecular flexibility index (Phi) is 3.92. The van der Waals surface area contributed by atoms with Crippen molar-refractivity contribution in [3.05, 3.63) is 23.3 Å². The molecule has 5 aliphatic rings. The Morgan fingerprint density at radius 1 is 1.27 bits per heavy atom. The maximum absolute atomic E-state index is 13.4. The van der Waals surface area contributed by atoms with Crippen LogP contribution in [0.25, 0.3) is 0 Å². The molecule has 2 bridgehead atoms. The standard InChI is InChI=1S/C23H27NO6/c1-27-17-6-5-12-10-14-19-13(16-4-3-9-29-16)11-15(25)21-23(19,18(12)20(17)30-21)7-8-24(14)22(26)28-2/h5-6,13-14,16,19,21H,3-4,7-11H2,1-2H3/t13-,14-,16?,19+,21+,23-/m1/s1. The normalized spacial score (nSPS) is 38.1. The van der Waals surface area contributed by atoms with Gasteiger partial charge in [-0.3, -0.25) is 4.79 Å². The van der Waals surface area contributed by atoms with E-state index in [-0.39, 0.29) is 35.9 Å². The lowest BCUT2D eigenvalue weighted by molar-refractivity contribution is -0.150. The molecule has 160 valence electrons. The molecule has 1 saturated carbocycles. The zero-order valence-electron chi connectivity index (χ0n) is 17.4. The lowest BCUT2D eigenvalue weighted by Crippen LogP contribution is -2.70. The number of benzene rings is 1. The highest BCUT2D eigenvalue weighted by Gasteiger charge is 2.69. The van der Waals surface area contributed by atoms with E-state index in [1.54, 1.807) is 7.11 Å². The molecule has 1 aromatic rings. The van der Waals surface area contributed by atoms with Crippen LogP contribution < -0.4 is 9.47 Å². The highest BCUT2D eigenvalue weighted by Crippen LogP contribution is 2.65. The number of carbonyl (C=O) groups excluding carboxylic acids is 2. The number of methoxy groups -OCH3 is 2. The Balaban J connectivity index is 1.57. The molecule has 1 aromatic carbocycles. The number of Topliss-reactive ketones (excluding diaryl/α,β-unsaturated/α-hetero) is 1. The minimum absolute atomic E-state index is 0.0218. The maximum Gasteiger partial charge on any atom is 0.409 e. The molecule has 1 amide bonds. The quantitative estimate of drug-likeness (QED) is 0.742. The molecule has 30 heavy (non-hydrogen) atoms. The van der Waals surface area contributed by atoms with Crippen molar-refractivity contribution in [2.24, 2.45) is 11.8 Å². The SMILES string of the molecule is COC(=O)N1CC[C@]23c4c5ccc(OC)c4O[C@H]2C(=O)C[C@H](C2CCCO2)[C@H]3[C@H]1C5. The van der Waals surface area contributed by atoms with E-state index in [1.807, 2.05) is 11.0 Å². The molecule has 0 aromatic heterocycles. The first-order valence-corrected chi connectivity index (χ1v) is 11.0. The fourth-order valence-electron chi connectivity index (χ4n) is 7.29. The smallest absolute Gasteiger partial charge is 0.409 e. The molecule has 2 saturated heterocycles. The van der Waals surface area contributed by atoms with Crippen LogP contribution in [-0.2, 0) is 26.1 Å². The molecule has 6 rings (SSSR count). The largest absolute Gasteiger partial charge is 0.493 e. The van der Waals surface area contributed by atoms with Gasteiger partial charge in [0.15, 0.2) is 23.4 Å². The summed E-state index contributed by atoms with van der Waals surface area (Å²) in [4.78, 5) is 28.0. The number of amides is 1. The van der Waals surface area contributed by atoms with Gasteiger partial charge in [-0.1, -0.05) is 6.07 Å². The number of likely N-dealkylation sites (tertiary alicyclic amines) is 1. The van der Waals surface area contributed by atoms with E-state index in [0.29, 0.717) is 25.1 Å². The van der Waals surface area contributed by atoms with Crippen LogP contribution in [-0.4, -0.2) is 62.4 Å². The summed E-state index contributed by atoms with van der Waals surface area (Å²) in [7, 11) is 3.08. The zero-order chi connectivity index (χ0) is 20.6. The second-order valence-electron chi connectivity index (χ2n) is 9.27. The predicted molar refractivity (Wildman–Crippen MR) is 106 cm³/mol. The molecule has 0 radical (unpaired) electrons. The van der Waals surface area contributed by atoms with Crippen LogP contribution in [0.15, 0.2) is 12.1 Å². The Bertz CT molecular complexity index is 925. The zero-order valence-corrected chi connectivity index (χ0v) is 17.4. The Hall–Kier alpha value is -2.28. The predicted octanol–water partition coefficient (Wildman–Crippen LogP) is 2.48. The van der Waals surface area contributed by atoms with Crippen molar-refractivity contribution in [3.63, 3.8) is 0 Å². The number of ketones is 1. The summed E-state index contributed by atoms with van der Waals surface area (Å²) in [6.45, 7) is 1.31. The van der Waals surface area contributed by atoms with E-state index in [1.165, 1.54) is 7.11 Å². The van der Waals surface area contributed by atoms with Gasteiger partial charge in [0.1, 0.15) is 0 Å². The minimum Gasteiger partial charge on any atom is -0.493 e. The van der Waals surface area contributed by atoms with Gasteiger partial charge in [0, 0.05) is 31.2 Å². The summed E-state index contributed by atoms with van der Waals surface area (Å²) in [6.07, 6.45) is 3.14. The van der Waals surface area contributed by atoms with E-state index in [2.05, 4.69) is 6.07 Å². The van der Waals surface area contributed by atoms with E-state index >= 15 is 0 Å². The van der Waals surface area contributed by atoms with Crippen molar-refractivity contribution in [1.29, 1.82) is 0 Å². The van der Waals surface area contributed by atoms with Crippen molar-refractivity contribution in [2.45, 2.75) is 55.8 Å².